The van der Waals surface area contributed by atoms with Gasteiger partial charge >= 0.3 is 0 Å². The second kappa shape index (κ2) is 9.07. The highest BCUT2D eigenvalue weighted by Crippen LogP contribution is 2.22. The molecule has 0 radical (unpaired) electrons. The predicted molar refractivity (Wildman–Crippen MR) is 99.9 cm³/mol. The Morgan fingerprint density at radius 1 is 1.17 bits per heavy atom. The maximum absolute atomic E-state index is 10.1. The van der Waals surface area contributed by atoms with Crippen LogP contribution >= 0.6 is 11.6 Å². The van der Waals surface area contributed by atoms with Crippen LogP contribution in [0.4, 0.5) is 0 Å². The Morgan fingerprint density at radius 3 is 2.50 bits per heavy atom. The quantitative estimate of drug-likeness (QED) is 0.748. The molecule has 24 heavy (non-hydrogen) atoms. The number of nitrogens with one attached hydrogen (secondary N) is 1. The van der Waals surface area contributed by atoms with E-state index in [2.05, 4.69) is 43.4 Å². The zero-order valence-corrected chi connectivity index (χ0v) is 15.3. The van der Waals surface area contributed by atoms with Crippen molar-refractivity contribution < 1.29 is 9.84 Å². The first kappa shape index (κ1) is 18.8. The van der Waals surface area contributed by atoms with Crippen LogP contribution in [0.15, 0.2) is 42.5 Å². The van der Waals surface area contributed by atoms with E-state index in [9.17, 15) is 5.11 Å². The first-order chi connectivity index (χ1) is 11.5. The third kappa shape index (κ3) is 5.52. The molecule has 0 heterocycles. The van der Waals surface area contributed by atoms with Gasteiger partial charge in [0.05, 0.1) is 0 Å². The van der Waals surface area contributed by atoms with E-state index in [0.29, 0.717) is 11.6 Å². The van der Waals surface area contributed by atoms with E-state index in [1.807, 2.05) is 19.1 Å². The Hall–Kier alpha value is -1.55. The Labute approximate surface area is 149 Å². The SMILES string of the molecule is CCc1ccc(C(C)NCC(O)COc2ccc(Cl)cc2C)cc1. The molecule has 0 aliphatic carbocycles. The summed E-state index contributed by atoms with van der Waals surface area (Å²) in [5.41, 5.74) is 3.51. The van der Waals surface area contributed by atoms with E-state index in [4.69, 9.17) is 16.3 Å². The molecule has 0 saturated heterocycles. The average molecular weight is 348 g/mol. The van der Waals surface area contributed by atoms with Crippen molar-refractivity contribution in [2.24, 2.45) is 0 Å². The van der Waals surface area contributed by atoms with Crippen LogP contribution in [0.25, 0.3) is 0 Å². The predicted octanol–water partition coefficient (Wildman–Crippen LogP) is 4.30. The fraction of sp³-hybridized carbons (Fsp3) is 0.400. The number of hydrogen-bond acceptors (Lipinski definition) is 3. The second-order valence-corrected chi connectivity index (χ2v) is 6.54. The fourth-order valence-electron chi connectivity index (χ4n) is 2.49. The number of aliphatic hydroxyl groups is 1. The first-order valence-electron chi connectivity index (χ1n) is 8.38. The first-order valence-corrected chi connectivity index (χ1v) is 8.76. The normalized spacial score (nSPS) is 13.5. The highest BCUT2D eigenvalue weighted by molar-refractivity contribution is 6.30. The molecular weight excluding hydrogens is 322 g/mol. The molecule has 0 bridgehead atoms. The minimum atomic E-state index is -0.572. The Kier molecular flexibility index (Phi) is 7.10. The van der Waals surface area contributed by atoms with Crippen LogP contribution in [-0.2, 0) is 6.42 Å². The van der Waals surface area contributed by atoms with E-state index >= 15 is 0 Å². The van der Waals surface area contributed by atoms with Crippen molar-refractivity contribution in [1.82, 2.24) is 5.32 Å². The lowest BCUT2D eigenvalue weighted by molar-refractivity contribution is 0.104. The molecule has 2 atom stereocenters. The zero-order valence-electron chi connectivity index (χ0n) is 14.6. The average Bonchev–Trinajstić information content (AvgIpc) is 2.59. The smallest absolute Gasteiger partial charge is 0.122 e. The number of rotatable bonds is 8. The zero-order chi connectivity index (χ0) is 17.5. The van der Waals surface area contributed by atoms with Crippen LogP contribution in [0.1, 0.15) is 36.6 Å². The van der Waals surface area contributed by atoms with Gasteiger partial charge in [-0.25, -0.2) is 0 Å². The van der Waals surface area contributed by atoms with Gasteiger partial charge in [-0.2, -0.15) is 0 Å². The van der Waals surface area contributed by atoms with Crippen LogP contribution in [0.3, 0.4) is 0 Å². The van der Waals surface area contributed by atoms with E-state index < -0.39 is 6.10 Å². The Morgan fingerprint density at radius 2 is 1.88 bits per heavy atom. The van der Waals surface area contributed by atoms with Gasteiger partial charge in [-0.3, -0.25) is 0 Å². The summed E-state index contributed by atoms with van der Waals surface area (Å²) >= 11 is 5.93. The summed E-state index contributed by atoms with van der Waals surface area (Å²) in [7, 11) is 0. The standard InChI is InChI=1S/C20H26ClNO2/c1-4-16-5-7-17(8-6-16)15(3)22-12-19(23)13-24-20-10-9-18(21)11-14(20)2/h5-11,15,19,22-23H,4,12-13H2,1-3H3. The van der Waals surface area contributed by atoms with Gasteiger partial charge in [0.1, 0.15) is 18.5 Å². The van der Waals surface area contributed by atoms with Gasteiger partial charge in [0.2, 0.25) is 0 Å². The largest absolute Gasteiger partial charge is 0.491 e. The van der Waals surface area contributed by atoms with Gasteiger partial charge in [-0.1, -0.05) is 42.8 Å². The second-order valence-electron chi connectivity index (χ2n) is 6.10. The lowest BCUT2D eigenvalue weighted by Gasteiger charge is -2.18. The van der Waals surface area contributed by atoms with Crippen LogP contribution in [0.5, 0.6) is 5.75 Å². The molecule has 130 valence electrons. The van der Waals surface area contributed by atoms with Gasteiger partial charge in [0.15, 0.2) is 0 Å². The molecule has 2 N–H and O–H groups in total. The molecular formula is C20H26ClNO2. The fourth-order valence-corrected chi connectivity index (χ4v) is 2.72. The molecule has 0 aliphatic rings. The third-order valence-corrected chi connectivity index (χ3v) is 4.35. The monoisotopic (exact) mass is 347 g/mol. The number of ether oxygens (including phenoxy) is 1. The van der Waals surface area contributed by atoms with Crippen molar-refractivity contribution >= 4 is 11.6 Å². The van der Waals surface area contributed by atoms with Crippen LogP contribution < -0.4 is 10.1 Å². The minimum Gasteiger partial charge on any atom is -0.491 e. The molecule has 0 aromatic heterocycles. The highest BCUT2D eigenvalue weighted by Gasteiger charge is 2.10. The van der Waals surface area contributed by atoms with Gasteiger partial charge in [0.25, 0.3) is 0 Å². The number of aliphatic hydroxyl groups excluding tert-OH is 1. The number of benzene rings is 2. The van der Waals surface area contributed by atoms with Gasteiger partial charge in [-0.05, 0) is 55.2 Å². The Balaban J connectivity index is 1.78. The molecule has 2 aromatic carbocycles. The molecule has 0 saturated carbocycles. The third-order valence-electron chi connectivity index (χ3n) is 4.12. The molecule has 0 aliphatic heterocycles. The number of aryl methyl sites for hydroxylation is 2. The van der Waals surface area contributed by atoms with Crippen LogP contribution in [-0.4, -0.2) is 24.4 Å². The Bertz CT molecular complexity index is 643. The maximum Gasteiger partial charge on any atom is 0.122 e. The molecule has 0 fully saturated rings. The number of hydrogen-bond donors (Lipinski definition) is 2. The van der Waals surface area contributed by atoms with Gasteiger partial charge in [-0.15, -0.1) is 0 Å². The summed E-state index contributed by atoms with van der Waals surface area (Å²) in [5, 5.41) is 14.2. The van der Waals surface area contributed by atoms with Crippen molar-refractivity contribution in [1.29, 1.82) is 0 Å². The molecule has 2 unspecified atom stereocenters. The van der Waals surface area contributed by atoms with Gasteiger partial charge in [0, 0.05) is 17.6 Å². The van der Waals surface area contributed by atoms with Crippen molar-refractivity contribution in [3.63, 3.8) is 0 Å². The molecule has 2 rings (SSSR count). The minimum absolute atomic E-state index is 0.183. The highest BCUT2D eigenvalue weighted by atomic mass is 35.5. The van der Waals surface area contributed by atoms with Crippen molar-refractivity contribution in [3.8, 4) is 5.75 Å². The van der Waals surface area contributed by atoms with E-state index in [0.717, 1.165) is 17.7 Å². The molecule has 0 amide bonds. The van der Waals surface area contributed by atoms with Crippen molar-refractivity contribution in [3.05, 3.63) is 64.2 Å². The van der Waals surface area contributed by atoms with Crippen molar-refractivity contribution in [2.45, 2.75) is 39.3 Å². The topological polar surface area (TPSA) is 41.5 Å². The summed E-state index contributed by atoms with van der Waals surface area (Å²) in [4.78, 5) is 0. The summed E-state index contributed by atoms with van der Waals surface area (Å²) in [6.07, 6.45) is 0.472. The molecule has 2 aromatic rings. The number of halogens is 1. The molecule has 0 spiro atoms. The van der Waals surface area contributed by atoms with Crippen LogP contribution in [0, 0.1) is 6.92 Å². The van der Waals surface area contributed by atoms with E-state index in [1.54, 1.807) is 6.07 Å². The molecule has 4 heteroatoms. The maximum atomic E-state index is 10.1. The van der Waals surface area contributed by atoms with Crippen molar-refractivity contribution in [2.75, 3.05) is 13.2 Å². The summed E-state index contributed by atoms with van der Waals surface area (Å²) < 4.78 is 5.67. The molecule has 3 nitrogen and oxygen atoms in total. The van der Waals surface area contributed by atoms with Crippen LogP contribution in [0.2, 0.25) is 5.02 Å². The lowest BCUT2D eigenvalue weighted by atomic mass is 10.0. The summed E-state index contributed by atoms with van der Waals surface area (Å²) in [6.45, 7) is 6.90. The van der Waals surface area contributed by atoms with E-state index in [-0.39, 0.29) is 12.6 Å². The van der Waals surface area contributed by atoms with E-state index in [1.165, 1.54) is 11.1 Å². The summed E-state index contributed by atoms with van der Waals surface area (Å²) in [5.74, 6) is 0.752. The lowest BCUT2D eigenvalue weighted by Crippen LogP contribution is -2.33. The summed E-state index contributed by atoms with van der Waals surface area (Å²) in [6, 6.07) is 14.2. The van der Waals surface area contributed by atoms with Gasteiger partial charge < -0.3 is 15.2 Å².